The zero-order valence-electron chi connectivity index (χ0n) is 23.5. The molecule has 5 unspecified atom stereocenters. The lowest BCUT2D eigenvalue weighted by molar-refractivity contribution is -0.144. The number of hydrogen-bond donors (Lipinski definition) is 8. The SMILES string of the molecule is CCC(C)C(NC(=O)C(CCC(=O)O)NC(=O)C(Cc1c[nH]c2ccccc12)NC(=O)C(N)CCCCN)C(=O)O. The highest BCUT2D eigenvalue weighted by Gasteiger charge is 2.32. The Morgan fingerprint density at radius 1 is 0.927 bits per heavy atom. The summed E-state index contributed by atoms with van der Waals surface area (Å²) >= 11 is 0. The van der Waals surface area contributed by atoms with Gasteiger partial charge in [0.25, 0.3) is 0 Å². The van der Waals surface area contributed by atoms with Crippen molar-refractivity contribution in [3.8, 4) is 0 Å². The van der Waals surface area contributed by atoms with E-state index in [1.807, 2.05) is 24.3 Å². The van der Waals surface area contributed by atoms with Crippen molar-refractivity contribution >= 4 is 40.6 Å². The van der Waals surface area contributed by atoms with Crippen LogP contribution in [-0.2, 0) is 30.4 Å². The molecule has 226 valence electrons. The molecule has 0 aliphatic heterocycles. The lowest BCUT2D eigenvalue weighted by Crippen LogP contribution is -2.58. The number of rotatable bonds is 18. The average Bonchev–Trinajstić information content (AvgIpc) is 3.35. The number of nitrogens with one attached hydrogen (secondary N) is 4. The Morgan fingerprint density at radius 3 is 2.22 bits per heavy atom. The Morgan fingerprint density at radius 2 is 1.59 bits per heavy atom. The molecule has 10 N–H and O–H groups in total. The number of aliphatic carboxylic acids is 2. The van der Waals surface area contributed by atoms with Gasteiger partial charge in [-0.05, 0) is 43.4 Å². The summed E-state index contributed by atoms with van der Waals surface area (Å²) in [4.78, 5) is 65.7. The van der Waals surface area contributed by atoms with Gasteiger partial charge in [-0.1, -0.05) is 44.9 Å². The highest BCUT2D eigenvalue weighted by atomic mass is 16.4. The number of aromatic nitrogens is 1. The molecule has 0 fully saturated rings. The highest BCUT2D eigenvalue weighted by Crippen LogP contribution is 2.19. The Balaban J connectivity index is 2.31. The topological polar surface area (TPSA) is 230 Å². The van der Waals surface area contributed by atoms with Crippen LogP contribution in [-0.4, -0.2) is 75.6 Å². The van der Waals surface area contributed by atoms with Gasteiger partial charge in [-0.3, -0.25) is 19.2 Å². The third kappa shape index (κ3) is 10.2. The molecule has 3 amide bonds. The molecule has 0 saturated carbocycles. The maximum absolute atomic E-state index is 13.6. The van der Waals surface area contributed by atoms with Gasteiger partial charge in [-0.15, -0.1) is 0 Å². The summed E-state index contributed by atoms with van der Waals surface area (Å²) in [5.41, 5.74) is 13.1. The van der Waals surface area contributed by atoms with Gasteiger partial charge in [-0.2, -0.15) is 0 Å². The van der Waals surface area contributed by atoms with Crippen molar-refractivity contribution in [1.29, 1.82) is 0 Å². The molecule has 0 saturated heterocycles. The molecule has 1 aromatic heterocycles. The number of carboxylic acids is 2. The first-order valence-electron chi connectivity index (χ1n) is 13.8. The molecule has 0 bridgehead atoms. The van der Waals surface area contributed by atoms with Gasteiger partial charge < -0.3 is 42.6 Å². The van der Waals surface area contributed by atoms with Crippen molar-refractivity contribution in [2.75, 3.05) is 6.54 Å². The second-order valence-corrected chi connectivity index (χ2v) is 10.2. The minimum atomic E-state index is -1.36. The normalized spacial score (nSPS) is 14.8. The predicted molar refractivity (Wildman–Crippen MR) is 153 cm³/mol. The van der Waals surface area contributed by atoms with Crippen LogP contribution in [0.3, 0.4) is 0 Å². The Hall–Kier alpha value is -3.97. The maximum Gasteiger partial charge on any atom is 0.326 e. The van der Waals surface area contributed by atoms with Crippen LogP contribution >= 0.6 is 0 Å². The van der Waals surface area contributed by atoms with Crippen molar-refractivity contribution in [2.45, 2.75) is 83.0 Å². The number of carbonyl (C=O) groups excluding carboxylic acids is 3. The molecule has 2 aromatic rings. The van der Waals surface area contributed by atoms with E-state index in [1.165, 1.54) is 0 Å². The molecule has 1 aromatic carbocycles. The minimum absolute atomic E-state index is 0.0506. The molecule has 1 heterocycles. The quantitative estimate of drug-likeness (QED) is 0.116. The van der Waals surface area contributed by atoms with E-state index in [0.717, 1.165) is 16.5 Å². The number of carbonyl (C=O) groups is 5. The fourth-order valence-corrected chi connectivity index (χ4v) is 4.39. The van der Waals surface area contributed by atoms with E-state index in [2.05, 4.69) is 20.9 Å². The van der Waals surface area contributed by atoms with Crippen molar-refractivity contribution in [1.82, 2.24) is 20.9 Å². The minimum Gasteiger partial charge on any atom is -0.481 e. The van der Waals surface area contributed by atoms with Gasteiger partial charge in [0.2, 0.25) is 17.7 Å². The summed E-state index contributed by atoms with van der Waals surface area (Å²) in [5, 5.41) is 27.3. The highest BCUT2D eigenvalue weighted by molar-refractivity contribution is 5.95. The van der Waals surface area contributed by atoms with Crippen molar-refractivity contribution < 1.29 is 34.2 Å². The van der Waals surface area contributed by atoms with Crippen LogP contribution in [0, 0.1) is 5.92 Å². The van der Waals surface area contributed by atoms with Crippen LogP contribution < -0.4 is 27.4 Å². The molecule has 13 nitrogen and oxygen atoms in total. The van der Waals surface area contributed by atoms with Crippen LogP contribution in [0.4, 0.5) is 0 Å². The van der Waals surface area contributed by atoms with Gasteiger partial charge in [0.1, 0.15) is 18.1 Å². The average molecular weight is 575 g/mol. The number of benzene rings is 1. The number of fused-ring (bicyclic) bond motifs is 1. The standard InChI is InChI=1S/C28H42N6O7/c1-3-16(2)24(28(40)41)34-26(38)21(11-12-23(35)36)32-27(39)22(33-25(37)19(30)9-6-7-13-29)14-17-15-31-20-10-5-4-8-18(17)20/h4-5,8,10,15-16,19,21-22,24,31H,3,6-7,9,11-14,29-30H2,1-2H3,(H,32,39)(H,33,37)(H,34,38)(H,35,36)(H,40,41). The van der Waals surface area contributed by atoms with E-state index in [-0.39, 0.29) is 12.8 Å². The zero-order valence-corrected chi connectivity index (χ0v) is 23.5. The number of nitrogens with two attached hydrogens (primary N) is 2. The number of H-pyrrole nitrogens is 1. The van der Waals surface area contributed by atoms with Gasteiger partial charge >= 0.3 is 11.9 Å². The third-order valence-corrected chi connectivity index (χ3v) is 7.09. The number of carboxylic acid groups (broad SMARTS) is 2. The summed E-state index contributed by atoms with van der Waals surface area (Å²) < 4.78 is 0. The van der Waals surface area contributed by atoms with E-state index in [1.54, 1.807) is 20.0 Å². The molecular formula is C28H42N6O7. The van der Waals surface area contributed by atoms with Crippen LogP contribution in [0.25, 0.3) is 10.9 Å². The molecule has 0 spiro atoms. The first-order valence-corrected chi connectivity index (χ1v) is 13.8. The summed E-state index contributed by atoms with van der Waals surface area (Å²) in [5.74, 6) is -4.98. The smallest absolute Gasteiger partial charge is 0.326 e. The van der Waals surface area contributed by atoms with Gasteiger partial charge in [0.15, 0.2) is 0 Å². The lowest BCUT2D eigenvalue weighted by atomic mass is 9.98. The third-order valence-electron chi connectivity index (χ3n) is 7.09. The summed E-state index contributed by atoms with van der Waals surface area (Å²) in [6, 6.07) is 2.77. The Kier molecular flexibility index (Phi) is 13.2. The predicted octanol–water partition coefficient (Wildman–Crippen LogP) is 0.617. The molecule has 13 heteroatoms. The Bertz CT molecular complexity index is 1200. The van der Waals surface area contributed by atoms with Gasteiger partial charge in [0, 0.05) is 29.9 Å². The molecule has 0 radical (unpaired) electrons. The molecular weight excluding hydrogens is 532 g/mol. The fourth-order valence-electron chi connectivity index (χ4n) is 4.39. The number of para-hydroxylation sites is 1. The zero-order chi connectivity index (χ0) is 30.5. The summed E-state index contributed by atoms with van der Waals surface area (Å²) in [7, 11) is 0. The van der Waals surface area contributed by atoms with E-state index < -0.39 is 66.2 Å². The number of hydrogen-bond acceptors (Lipinski definition) is 7. The maximum atomic E-state index is 13.6. The van der Waals surface area contributed by atoms with Crippen molar-refractivity contribution in [2.24, 2.45) is 17.4 Å². The van der Waals surface area contributed by atoms with E-state index in [4.69, 9.17) is 11.5 Å². The van der Waals surface area contributed by atoms with Crippen LogP contribution in [0.15, 0.2) is 30.5 Å². The largest absolute Gasteiger partial charge is 0.481 e. The summed E-state index contributed by atoms with van der Waals surface area (Å²) in [6.07, 6.45) is 3.17. The van der Waals surface area contributed by atoms with Crippen molar-refractivity contribution in [3.63, 3.8) is 0 Å². The van der Waals surface area contributed by atoms with Gasteiger partial charge in [-0.25, -0.2) is 4.79 Å². The van der Waals surface area contributed by atoms with Gasteiger partial charge in [0.05, 0.1) is 6.04 Å². The van der Waals surface area contributed by atoms with E-state index in [9.17, 15) is 34.2 Å². The first kappa shape index (κ1) is 33.2. The van der Waals surface area contributed by atoms with Crippen molar-refractivity contribution in [3.05, 3.63) is 36.0 Å². The molecule has 2 rings (SSSR count). The second-order valence-electron chi connectivity index (χ2n) is 10.2. The van der Waals surface area contributed by atoms with Crippen LogP contribution in [0.2, 0.25) is 0 Å². The van der Waals surface area contributed by atoms with E-state index in [0.29, 0.717) is 32.2 Å². The monoisotopic (exact) mass is 574 g/mol. The fraction of sp³-hybridized carbons (Fsp3) is 0.536. The molecule has 41 heavy (non-hydrogen) atoms. The molecule has 0 aliphatic carbocycles. The van der Waals surface area contributed by atoms with Crippen LogP contribution in [0.5, 0.6) is 0 Å². The first-order chi connectivity index (χ1) is 19.5. The molecule has 0 aliphatic rings. The number of unbranched alkanes of at least 4 members (excludes halogenated alkanes) is 1. The van der Waals surface area contributed by atoms with E-state index >= 15 is 0 Å². The summed E-state index contributed by atoms with van der Waals surface area (Å²) in [6.45, 7) is 3.89. The van der Waals surface area contributed by atoms with Crippen LogP contribution in [0.1, 0.15) is 57.9 Å². The Labute approximate surface area is 238 Å². The molecule has 5 atom stereocenters. The number of amides is 3. The second kappa shape index (κ2) is 16.3. The lowest BCUT2D eigenvalue weighted by Gasteiger charge is -2.26. The number of aromatic amines is 1.